The number of aromatic nitrogens is 1. The summed E-state index contributed by atoms with van der Waals surface area (Å²) < 4.78 is 5.25. The average Bonchev–Trinajstić information content (AvgIpc) is 2.48. The van der Waals surface area contributed by atoms with Crippen molar-refractivity contribution in [2.45, 2.75) is 48.4 Å². The number of nitrogens with zero attached hydrogens (tertiary/aromatic N) is 1. The van der Waals surface area contributed by atoms with Crippen LogP contribution in [0, 0.1) is 0 Å². The molecule has 0 bridgehead atoms. The Morgan fingerprint density at radius 3 is 3.10 bits per heavy atom. The van der Waals surface area contributed by atoms with Gasteiger partial charge >= 0.3 is 5.97 Å². The van der Waals surface area contributed by atoms with Crippen molar-refractivity contribution in [3.05, 3.63) is 24.4 Å². The van der Waals surface area contributed by atoms with E-state index in [0.29, 0.717) is 11.9 Å². The number of hydrogen-bond donors (Lipinski definition) is 1. The second-order valence-electron chi connectivity index (χ2n) is 5.06. The standard InChI is InChI=1S/C15H22N2O2S/c1-3-19-14(18)15(16-2)9-6-7-12(11-15)20-13-8-4-5-10-17-13/h4-5,8,10,12,16H,3,6-7,9,11H2,1-2H3. The quantitative estimate of drug-likeness (QED) is 0.846. The Balaban J connectivity index is 2.04. The zero-order valence-corrected chi connectivity index (χ0v) is 12.9. The zero-order chi connectivity index (χ0) is 14.4. The van der Waals surface area contributed by atoms with Crippen LogP contribution in [0.4, 0.5) is 0 Å². The monoisotopic (exact) mass is 294 g/mol. The van der Waals surface area contributed by atoms with Crippen LogP contribution in [0.3, 0.4) is 0 Å². The van der Waals surface area contributed by atoms with Crippen LogP contribution in [0.15, 0.2) is 29.4 Å². The van der Waals surface area contributed by atoms with E-state index in [9.17, 15) is 4.79 Å². The number of carbonyl (C=O) groups is 1. The number of esters is 1. The molecule has 1 aliphatic carbocycles. The zero-order valence-electron chi connectivity index (χ0n) is 12.1. The molecule has 2 unspecified atom stereocenters. The Hall–Kier alpha value is -1.07. The highest BCUT2D eigenvalue weighted by Gasteiger charge is 2.43. The lowest BCUT2D eigenvalue weighted by molar-refractivity contribution is -0.152. The number of ether oxygens (including phenoxy) is 1. The summed E-state index contributed by atoms with van der Waals surface area (Å²) in [6, 6.07) is 5.93. The number of pyridine rings is 1. The first-order valence-electron chi connectivity index (χ1n) is 7.14. The first kappa shape index (κ1) is 15.3. The van der Waals surface area contributed by atoms with Crippen LogP contribution in [0.5, 0.6) is 0 Å². The van der Waals surface area contributed by atoms with Crippen molar-refractivity contribution in [2.75, 3.05) is 13.7 Å². The largest absolute Gasteiger partial charge is 0.465 e. The molecule has 0 aromatic carbocycles. The lowest BCUT2D eigenvalue weighted by Gasteiger charge is -2.38. The highest BCUT2D eigenvalue weighted by atomic mass is 32.2. The van der Waals surface area contributed by atoms with Crippen LogP contribution >= 0.6 is 11.8 Å². The van der Waals surface area contributed by atoms with E-state index in [0.717, 1.165) is 30.7 Å². The van der Waals surface area contributed by atoms with E-state index in [4.69, 9.17) is 4.74 Å². The molecule has 0 spiro atoms. The van der Waals surface area contributed by atoms with Gasteiger partial charge in [0.2, 0.25) is 0 Å². The summed E-state index contributed by atoms with van der Waals surface area (Å²) in [7, 11) is 1.85. The van der Waals surface area contributed by atoms with Gasteiger partial charge in [0.05, 0.1) is 11.6 Å². The molecule has 0 saturated heterocycles. The smallest absolute Gasteiger partial charge is 0.326 e. The van der Waals surface area contributed by atoms with Gasteiger partial charge in [-0.25, -0.2) is 4.98 Å². The van der Waals surface area contributed by atoms with Gasteiger partial charge in [-0.05, 0) is 51.8 Å². The van der Waals surface area contributed by atoms with Gasteiger partial charge < -0.3 is 10.1 Å². The molecule has 1 fully saturated rings. The van der Waals surface area contributed by atoms with Crippen LogP contribution in [-0.4, -0.2) is 35.4 Å². The molecule has 0 aliphatic heterocycles. The second kappa shape index (κ2) is 7.09. The van der Waals surface area contributed by atoms with Gasteiger partial charge in [-0.3, -0.25) is 4.79 Å². The van der Waals surface area contributed by atoms with Crippen molar-refractivity contribution in [1.82, 2.24) is 10.3 Å². The summed E-state index contributed by atoms with van der Waals surface area (Å²) in [5.74, 6) is -0.117. The fourth-order valence-electron chi connectivity index (χ4n) is 2.70. The van der Waals surface area contributed by atoms with Crippen LogP contribution in [0.2, 0.25) is 0 Å². The number of nitrogens with one attached hydrogen (secondary N) is 1. The lowest BCUT2D eigenvalue weighted by Crippen LogP contribution is -2.54. The first-order chi connectivity index (χ1) is 9.70. The molecule has 2 atom stereocenters. The number of hydrogen-bond acceptors (Lipinski definition) is 5. The molecule has 1 aromatic heterocycles. The number of carbonyl (C=O) groups excluding carboxylic acids is 1. The van der Waals surface area contributed by atoms with E-state index in [1.165, 1.54) is 0 Å². The maximum absolute atomic E-state index is 12.2. The predicted octanol–water partition coefficient (Wildman–Crippen LogP) is 2.64. The molecule has 20 heavy (non-hydrogen) atoms. The highest BCUT2D eigenvalue weighted by molar-refractivity contribution is 7.99. The van der Waals surface area contributed by atoms with Gasteiger partial charge in [0, 0.05) is 11.4 Å². The normalized spacial score (nSPS) is 26.2. The predicted molar refractivity (Wildman–Crippen MR) is 80.8 cm³/mol. The molecular weight excluding hydrogens is 272 g/mol. The Morgan fingerprint density at radius 2 is 2.45 bits per heavy atom. The average molecular weight is 294 g/mol. The van der Waals surface area contributed by atoms with Crippen molar-refractivity contribution >= 4 is 17.7 Å². The minimum Gasteiger partial charge on any atom is -0.465 e. The van der Waals surface area contributed by atoms with E-state index in [1.807, 2.05) is 38.4 Å². The summed E-state index contributed by atoms with van der Waals surface area (Å²) in [5, 5.41) is 4.63. The number of thioether (sulfide) groups is 1. The Kier molecular flexibility index (Phi) is 5.43. The maximum Gasteiger partial charge on any atom is 0.326 e. The van der Waals surface area contributed by atoms with Crippen molar-refractivity contribution in [1.29, 1.82) is 0 Å². The third-order valence-corrected chi connectivity index (χ3v) is 4.99. The van der Waals surface area contributed by atoms with Crippen LogP contribution in [-0.2, 0) is 9.53 Å². The van der Waals surface area contributed by atoms with E-state index in [2.05, 4.69) is 10.3 Å². The molecule has 2 rings (SSSR count). The highest BCUT2D eigenvalue weighted by Crippen LogP contribution is 2.38. The fraction of sp³-hybridized carbons (Fsp3) is 0.600. The molecule has 1 saturated carbocycles. The van der Waals surface area contributed by atoms with E-state index in [-0.39, 0.29) is 5.97 Å². The molecule has 1 aliphatic rings. The summed E-state index contributed by atoms with van der Waals surface area (Å²) in [6.07, 6.45) is 5.60. The molecule has 4 nitrogen and oxygen atoms in total. The van der Waals surface area contributed by atoms with Gasteiger partial charge in [-0.1, -0.05) is 6.07 Å². The van der Waals surface area contributed by atoms with Gasteiger partial charge in [-0.2, -0.15) is 0 Å². The van der Waals surface area contributed by atoms with Crippen molar-refractivity contribution in [3.63, 3.8) is 0 Å². The molecule has 1 heterocycles. The van der Waals surface area contributed by atoms with E-state index in [1.54, 1.807) is 11.8 Å². The summed E-state index contributed by atoms with van der Waals surface area (Å²) in [6.45, 7) is 2.28. The van der Waals surface area contributed by atoms with Crippen molar-refractivity contribution in [3.8, 4) is 0 Å². The van der Waals surface area contributed by atoms with Crippen LogP contribution in [0.1, 0.15) is 32.6 Å². The summed E-state index contributed by atoms with van der Waals surface area (Å²) in [5.41, 5.74) is -0.527. The summed E-state index contributed by atoms with van der Waals surface area (Å²) >= 11 is 1.76. The third-order valence-electron chi connectivity index (χ3n) is 3.78. The lowest BCUT2D eigenvalue weighted by atomic mass is 9.81. The molecule has 5 heteroatoms. The van der Waals surface area contributed by atoms with Crippen molar-refractivity contribution < 1.29 is 9.53 Å². The Bertz CT molecular complexity index is 441. The van der Waals surface area contributed by atoms with E-state index < -0.39 is 5.54 Å². The minimum atomic E-state index is -0.527. The third kappa shape index (κ3) is 3.52. The van der Waals surface area contributed by atoms with Crippen LogP contribution in [0.25, 0.3) is 0 Å². The number of likely N-dealkylation sites (N-methyl/N-ethyl adjacent to an activating group) is 1. The first-order valence-corrected chi connectivity index (χ1v) is 8.02. The van der Waals surface area contributed by atoms with Gasteiger partial charge in [-0.15, -0.1) is 11.8 Å². The summed E-state index contributed by atoms with van der Waals surface area (Å²) in [4.78, 5) is 16.6. The van der Waals surface area contributed by atoms with E-state index >= 15 is 0 Å². The minimum absolute atomic E-state index is 0.117. The second-order valence-corrected chi connectivity index (χ2v) is 6.38. The molecule has 1 N–H and O–H groups in total. The molecular formula is C15H22N2O2S. The Morgan fingerprint density at radius 1 is 1.60 bits per heavy atom. The number of rotatable bonds is 5. The molecule has 1 aromatic rings. The SMILES string of the molecule is CCOC(=O)C1(NC)CCCC(Sc2ccccn2)C1. The maximum atomic E-state index is 12.2. The van der Waals surface area contributed by atoms with Gasteiger partial charge in [0.25, 0.3) is 0 Å². The fourth-order valence-corrected chi connectivity index (χ4v) is 3.97. The molecule has 0 radical (unpaired) electrons. The molecule has 110 valence electrons. The topological polar surface area (TPSA) is 51.2 Å². The molecule has 0 amide bonds. The van der Waals surface area contributed by atoms with Gasteiger partial charge in [0.1, 0.15) is 5.54 Å². The van der Waals surface area contributed by atoms with Gasteiger partial charge in [0.15, 0.2) is 0 Å². The Labute approximate surface area is 124 Å². The van der Waals surface area contributed by atoms with Crippen LogP contribution < -0.4 is 5.32 Å². The van der Waals surface area contributed by atoms with Crippen molar-refractivity contribution in [2.24, 2.45) is 0 Å².